The van der Waals surface area contributed by atoms with Gasteiger partial charge in [0.15, 0.2) is 5.76 Å². The highest BCUT2D eigenvalue weighted by Crippen LogP contribution is 2.35. The summed E-state index contributed by atoms with van der Waals surface area (Å²) in [5, 5.41) is 0.545. The summed E-state index contributed by atoms with van der Waals surface area (Å²) in [6, 6.07) is 19.8. The van der Waals surface area contributed by atoms with E-state index in [2.05, 4.69) is 4.98 Å². The molecule has 0 radical (unpaired) electrons. The van der Waals surface area contributed by atoms with Crippen LogP contribution in [0.5, 0.6) is 0 Å². The maximum Gasteiger partial charge on any atom is 0.256 e. The second kappa shape index (κ2) is 7.15. The molecule has 1 amide bonds. The summed E-state index contributed by atoms with van der Waals surface area (Å²) < 4.78 is 5.94. The number of carbonyl (C=O) groups excluding carboxylic acids is 1. The molecule has 0 bridgehead atoms. The van der Waals surface area contributed by atoms with Crippen molar-refractivity contribution in [3.05, 3.63) is 60.7 Å². The Morgan fingerprint density at radius 3 is 2.22 bits per heavy atom. The Kier molecular flexibility index (Phi) is 4.78. The number of oxazole rings is 1. The Morgan fingerprint density at radius 2 is 1.61 bits per heavy atom. The number of thioether (sulfide) groups is 1. The van der Waals surface area contributed by atoms with E-state index in [4.69, 9.17) is 10.2 Å². The van der Waals surface area contributed by atoms with Crippen LogP contribution < -0.4 is 5.73 Å². The molecule has 0 saturated carbocycles. The van der Waals surface area contributed by atoms with E-state index in [1.165, 1.54) is 11.8 Å². The maximum atomic E-state index is 10.9. The molecule has 0 fully saturated rings. The van der Waals surface area contributed by atoms with E-state index in [0.29, 0.717) is 17.4 Å². The van der Waals surface area contributed by atoms with Crippen molar-refractivity contribution < 1.29 is 9.21 Å². The summed E-state index contributed by atoms with van der Waals surface area (Å²) >= 11 is 1.39. The van der Waals surface area contributed by atoms with Gasteiger partial charge < -0.3 is 10.2 Å². The molecule has 0 atom stereocenters. The number of hydrogen-bond donors (Lipinski definition) is 1. The summed E-state index contributed by atoms with van der Waals surface area (Å²) in [5.41, 5.74) is 7.94. The largest absolute Gasteiger partial charge is 0.431 e. The predicted octanol–water partition coefficient (Wildman–Crippen LogP) is 3.98. The zero-order valence-electron chi connectivity index (χ0n) is 12.4. The van der Waals surface area contributed by atoms with Crippen LogP contribution in [0.1, 0.15) is 6.42 Å². The second-order valence-corrected chi connectivity index (χ2v) is 6.00. The molecule has 0 aliphatic carbocycles. The molecule has 0 saturated heterocycles. The van der Waals surface area contributed by atoms with Crippen molar-refractivity contribution in [3.63, 3.8) is 0 Å². The van der Waals surface area contributed by atoms with Gasteiger partial charge in [0.25, 0.3) is 5.22 Å². The third-order valence-corrected chi connectivity index (χ3v) is 4.09. The van der Waals surface area contributed by atoms with Crippen molar-refractivity contribution in [3.8, 4) is 22.6 Å². The van der Waals surface area contributed by atoms with Gasteiger partial charge in [-0.15, -0.1) is 0 Å². The Morgan fingerprint density at radius 1 is 1.00 bits per heavy atom. The number of carbonyl (C=O) groups is 1. The van der Waals surface area contributed by atoms with Crippen LogP contribution in [0.25, 0.3) is 22.6 Å². The van der Waals surface area contributed by atoms with E-state index in [-0.39, 0.29) is 5.91 Å². The molecular weight excluding hydrogens is 308 g/mol. The molecule has 5 heteroatoms. The van der Waals surface area contributed by atoms with Crippen LogP contribution in [0.3, 0.4) is 0 Å². The normalized spacial score (nSPS) is 10.6. The van der Waals surface area contributed by atoms with Gasteiger partial charge in [0.05, 0.1) is 0 Å². The van der Waals surface area contributed by atoms with Crippen molar-refractivity contribution >= 4 is 17.7 Å². The van der Waals surface area contributed by atoms with E-state index in [9.17, 15) is 4.79 Å². The van der Waals surface area contributed by atoms with Gasteiger partial charge in [-0.05, 0) is 0 Å². The molecule has 2 N–H and O–H groups in total. The van der Waals surface area contributed by atoms with Crippen molar-refractivity contribution in [2.24, 2.45) is 5.73 Å². The van der Waals surface area contributed by atoms with Crippen molar-refractivity contribution in [2.75, 3.05) is 5.75 Å². The first kappa shape index (κ1) is 15.4. The van der Waals surface area contributed by atoms with Crippen LogP contribution in [0, 0.1) is 0 Å². The fourth-order valence-electron chi connectivity index (χ4n) is 2.18. The topological polar surface area (TPSA) is 69.1 Å². The van der Waals surface area contributed by atoms with Gasteiger partial charge in [0.2, 0.25) is 5.91 Å². The minimum absolute atomic E-state index is 0.300. The monoisotopic (exact) mass is 324 g/mol. The third-order valence-electron chi connectivity index (χ3n) is 3.26. The number of nitrogens with two attached hydrogens (primary N) is 1. The lowest BCUT2D eigenvalue weighted by Crippen LogP contribution is -2.10. The van der Waals surface area contributed by atoms with E-state index in [1.807, 2.05) is 60.7 Å². The van der Waals surface area contributed by atoms with Gasteiger partial charge in [-0.3, -0.25) is 4.79 Å². The molecule has 23 heavy (non-hydrogen) atoms. The number of primary amides is 1. The first-order valence-electron chi connectivity index (χ1n) is 7.27. The lowest BCUT2D eigenvalue weighted by Gasteiger charge is -2.00. The van der Waals surface area contributed by atoms with Crippen molar-refractivity contribution in [1.29, 1.82) is 0 Å². The average molecular weight is 324 g/mol. The molecule has 0 unspecified atom stereocenters. The van der Waals surface area contributed by atoms with E-state index in [0.717, 1.165) is 22.6 Å². The number of rotatable bonds is 6. The Balaban J connectivity index is 1.96. The highest BCUT2D eigenvalue weighted by atomic mass is 32.2. The van der Waals surface area contributed by atoms with Crippen LogP contribution in [-0.2, 0) is 4.79 Å². The zero-order valence-corrected chi connectivity index (χ0v) is 13.3. The lowest BCUT2D eigenvalue weighted by atomic mass is 10.1. The number of aromatic nitrogens is 1. The van der Waals surface area contributed by atoms with Crippen LogP contribution in [0.4, 0.5) is 0 Å². The quantitative estimate of drug-likeness (QED) is 0.696. The van der Waals surface area contributed by atoms with E-state index in [1.54, 1.807) is 0 Å². The minimum Gasteiger partial charge on any atom is -0.431 e. The summed E-state index contributed by atoms with van der Waals surface area (Å²) in [5.74, 6) is 0.965. The van der Waals surface area contributed by atoms with E-state index >= 15 is 0 Å². The van der Waals surface area contributed by atoms with Gasteiger partial charge in [0, 0.05) is 23.3 Å². The molecule has 0 aliphatic rings. The SMILES string of the molecule is NC(=O)CCSc1nc(-c2ccccc2)c(-c2ccccc2)o1. The number of amides is 1. The molecule has 4 nitrogen and oxygen atoms in total. The Labute approximate surface area is 138 Å². The fraction of sp³-hybridized carbons (Fsp3) is 0.111. The van der Waals surface area contributed by atoms with Crippen LogP contribution in [0.15, 0.2) is 70.3 Å². The summed E-state index contributed by atoms with van der Waals surface area (Å²) in [4.78, 5) is 15.5. The molecular formula is C18H16N2O2S. The molecule has 3 rings (SSSR count). The molecule has 1 heterocycles. The standard InChI is InChI=1S/C18H16N2O2S/c19-15(21)11-12-23-18-20-16(13-7-3-1-4-8-13)17(22-18)14-9-5-2-6-10-14/h1-10H,11-12H2,(H2,19,21). The third kappa shape index (κ3) is 3.81. The number of benzene rings is 2. The molecule has 0 spiro atoms. The number of nitrogens with zero attached hydrogens (tertiary/aromatic N) is 1. The van der Waals surface area contributed by atoms with Gasteiger partial charge in [0.1, 0.15) is 5.69 Å². The Hall–Kier alpha value is -2.53. The Bertz CT molecular complexity index is 728. The van der Waals surface area contributed by atoms with Crippen LogP contribution in [-0.4, -0.2) is 16.6 Å². The zero-order chi connectivity index (χ0) is 16.1. The molecule has 116 valence electrons. The van der Waals surface area contributed by atoms with Crippen molar-refractivity contribution in [1.82, 2.24) is 4.98 Å². The molecule has 2 aromatic carbocycles. The van der Waals surface area contributed by atoms with Gasteiger partial charge in [-0.25, -0.2) is 4.98 Å². The summed E-state index contributed by atoms with van der Waals surface area (Å²) in [6.07, 6.45) is 0.300. The first-order chi connectivity index (χ1) is 11.2. The molecule has 0 aliphatic heterocycles. The van der Waals surface area contributed by atoms with Gasteiger partial charge in [-0.1, -0.05) is 72.4 Å². The highest BCUT2D eigenvalue weighted by Gasteiger charge is 2.17. The lowest BCUT2D eigenvalue weighted by molar-refractivity contribution is -0.117. The smallest absolute Gasteiger partial charge is 0.256 e. The number of hydrogen-bond acceptors (Lipinski definition) is 4. The van der Waals surface area contributed by atoms with Crippen LogP contribution in [0.2, 0.25) is 0 Å². The van der Waals surface area contributed by atoms with Gasteiger partial charge in [-0.2, -0.15) is 0 Å². The predicted molar refractivity (Wildman–Crippen MR) is 91.9 cm³/mol. The minimum atomic E-state index is -0.323. The first-order valence-corrected chi connectivity index (χ1v) is 8.25. The second-order valence-electron chi connectivity index (χ2n) is 4.95. The molecule has 1 aromatic heterocycles. The summed E-state index contributed by atoms with van der Waals surface area (Å²) in [6.45, 7) is 0. The maximum absolute atomic E-state index is 10.9. The van der Waals surface area contributed by atoms with Crippen LogP contribution >= 0.6 is 11.8 Å². The average Bonchev–Trinajstić information content (AvgIpc) is 3.00. The highest BCUT2D eigenvalue weighted by molar-refractivity contribution is 7.99. The van der Waals surface area contributed by atoms with Gasteiger partial charge >= 0.3 is 0 Å². The van der Waals surface area contributed by atoms with E-state index < -0.39 is 0 Å². The van der Waals surface area contributed by atoms with Crippen molar-refractivity contribution in [2.45, 2.75) is 11.6 Å². The fourth-order valence-corrected chi connectivity index (χ4v) is 2.95. The molecule has 3 aromatic rings. The summed E-state index contributed by atoms with van der Waals surface area (Å²) in [7, 11) is 0.